The second kappa shape index (κ2) is 4.04. The molecule has 0 aliphatic carbocycles. The van der Waals surface area contributed by atoms with Crippen LogP contribution in [-0.4, -0.2) is 19.9 Å². The standard InChI is InChI=1S/C7H9ClN2O2S/c1-2-10-13(11,12)6-3-4-9-7(8)5-6/h3-5,10H,2H2,1H3. The molecule has 1 aromatic heterocycles. The number of aromatic nitrogens is 1. The quantitative estimate of drug-likeness (QED) is 0.775. The van der Waals surface area contributed by atoms with E-state index in [1.807, 2.05) is 0 Å². The molecule has 1 heterocycles. The van der Waals surface area contributed by atoms with Gasteiger partial charge in [-0.1, -0.05) is 18.5 Å². The molecule has 0 aromatic carbocycles. The van der Waals surface area contributed by atoms with Crippen molar-refractivity contribution in [2.45, 2.75) is 11.8 Å². The lowest BCUT2D eigenvalue weighted by atomic mass is 10.5. The van der Waals surface area contributed by atoms with Crippen LogP contribution < -0.4 is 4.72 Å². The minimum atomic E-state index is -3.41. The number of rotatable bonds is 3. The smallest absolute Gasteiger partial charge is 0.240 e. The summed E-state index contributed by atoms with van der Waals surface area (Å²) in [5.41, 5.74) is 0. The minimum absolute atomic E-state index is 0.134. The Morgan fingerprint density at radius 3 is 2.85 bits per heavy atom. The molecule has 0 aliphatic heterocycles. The summed E-state index contributed by atoms with van der Waals surface area (Å²) in [7, 11) is -3.41. The molecule has 0 aliphatic rings. The highest BCUT2D eigenvalue weighted by atomic mass is 35.5. The summed E-state index contributed by atoms with van der Waals surface area (Å²) in [6.45, 7) is 2.06. The van der Waals surface area contributed by atoms with Crippen molar-refractivity contribution >= 4 is 21.6 Å². The van der Waals surface area contributed by atoms with Gasteiger partial charge in [-0.15, -0.1) is 0 Å². The van der Waals surface area contributed by atoms with E-state index in [0.29, 0.717) is 6.54 Å². The van der Waals surface area contributed by atoms with Gasteiger partial charge in [0.15, 0.2) is 0 Å². The predicted octanol–water partition coefficient (Wildman–Crippen LogP) is 1.03. The summed E-state index contributed by atoms with van der Waals surface area (Å²) in [5.74, 6) is 0. The molecule has 0 fully saturated rings. The Bertz CT molecular complexity index is 391. The molecule has 1 N–H and O–H groups in total. The third-order valence-electron chi connectivity index (χ3n) is 1.34. The van der Waals surface area contributed by atoms with Crippen LogP contribution in [0.1, 0.15) is 6.92 Å². The summed E-state index contributed by atoms with van der Waals surface area (Å²) in [4.78, 5) is 3.82. The zero-order valence-electron chi connectivity index (χ0n) is 6.99. The van der Waals surface area contributed by atoms with Gasteiger partial charge in [-0.2, -0.15) is 0 Å². The molecule has 0 unspecified atom stereocenters. The maximum absolute atomic E-state index is 11.4. The Balaban J connectivity index is 3.08. The first kappa shape index (κ1) is 10.4. The van der Waals surface area contributed by atoms with Gasteiger partial charge in [0.2, 0.25) is 10.0 Å². The maximum Gasteiger partial charge on any atom is 0.240 e. The van der Waals surface area contributed by atoms with Crippen molar-refractivity contribution in [2.75, 3.05) is 6.54 Å². The van der Waals surface area contributed by atoms with Crippen LogP contribution in [0.25, 0.3) is 0 Å². The predicted molar refractivity (Wildman–Crippen MR) is 50.1 cm³/mol. The van der Waals surface area contributed by atoms with Crippen LogP contribution in [-0.2, 0) is 10.0 Å². The molecule has 0 bridgehead atoms. The first-order valence-corrected chi connectivity index (χ1v) is 5.53. The highest BCUT2D eigenvalue weighted by molar-refractivity contribution is 7.89. The van der Waals surface area contributed by atoms with E-state index < -0.39 is 10.0 Å². The fraction of sp³-hybridized carbons (Fsp3) is 0.286. The average Bonchev–Trinajstić information content (AvgIpc) is 2.04. The van der Waals surface area contributed by atoms with E-state index in [2.05, 4.69) is 9.71 Å². The fourth-order valence-corrected chi connectivity index (χ4v) is 2.12. The van der Waals surface area contributed by atoms with E-state index in [-0.39, 0.29) is 10.0 Å². The highest BCUT2D eigenvalue weighted by Gasteiger charge is 2.12. The Morgan fingerprint density at radius 1 is 1.62 bits per heavy atom. The van der Waals surface area contributed by atoms with Gasteiger partial charge in [-0.25, -0.2) is 18.1 Å². The Kier molecular flexibility index (Phi) is 3.24. The highest BCUT2D eigenvalue weighted by Crippen LogP contribution is 2.11. The number of halogens is 1. The molecule has 0 saturated carbocycles. The zero-order valence-corrected chi connectivity index (χ0v) is 8.56. The van der Waals surface area contributed by atoms with Crippen LogP contribution in [0.2, 0.25) is 5.15 Å². The molecular weight excluding hydrogens is 212 g/mol. The van der Waals surface area contributed by atoms with Gasteiger partial charge in [-0.05, 0) is 12.1 Å². The van der Waals surface area contributed by atoms with Crippen molar-refractivity contribution in [3.63, 3.8) is 0 Å². The number of nitrogens with one attached hydrogen (secondary N) is 1. The largest absolute Gasteiger partial charge is 0.244 e. The third-order valence-corrected chi connectivity index (χ3v) is 3.09. The molecular formula is C7H9ClN2O2S. The maximum atomic E-state index is 11.4. The van der Waals surface area contributed by atoms with Gasteiger partial charge >= 0.3 is 0 Å². The Hall–Kier alpha value is -0.650. The molecule has 1 rings (SSSR count). The normalized spacial score (nSPS) is 11.5. The van der Waals surface area contributed by atoms with Crippen molar-refractivity contribution in [3.8, 4) is 0 Å². The molecule has 72 valence electrons. The van der Waals surface area contributed by atoms with Crippen molar-refractivity contribution in [3.05, 3.63) is 23.5 Å². The lowest BCUT2D eigenvalue weighted by Crippen LogP contribution is -2.23. The van der Waals surface area contributed by atoms with Crippen LogP contribution in [0.4, 0.5) is 0 Å². The summed E-state index contributed by atoms with van der Waals surface area (Å²) < 4.78 is 25.1. The Labute approximate surface area is 82.0 Å². The number of pyridine rings is 1. The average molecular weight is 221 g/mol. The third kappa shape index (κ3) is 2.65. The second-order valence-electron chi connectivity index (χ2n) is 2.32. The van der Waals surface area contributed by atoms with E-state index in [4.69, 9.17) is 11.6 Å². The van der Waals surface area contributed by atoms with Crippen LogP contribution in [0.5, 0.6) is 0 Å². The molecule has 0 spiro atoms. The van der Waals surface area contributed by atoms with Crippen molar-refractivity contribution in [1.29, 1.82) is 0 Å². The van der Waals surface area contributed by atoms with Crippen molar-refractivity contribution < 1.29 is 8.42 Å². The van der Waals surface area contributed by atoms with Gasteiger partial charge in [0.1, 0.15) is 5.15 Å². The van der Waals surface area contributed by atoms with Crippen LogP contribution in [0, 0.1) is 0 Å². The first-order chi connectivity index (χ1) is 6.06. The van der Waals surface area contributed by atoms with Gasteiger partial charge in [0.25, 0.3) is 0 Å². The van der Waals surface area contributed by atoms with E-state index in [1.54, 1.807) is 6.92 Å². The van der Waals surface area contributed by atoms with E-state index in [9.17, 15) is 8.42 Å². The summed E-state index contributed by atoms with van der Waals surface area (Å²) in [6, 6.07) is 2.70. The summed E-state index contributed by atoms with van der Waals surface area (Å²) in [6.07, 6.45) is 1.35. The summed E-state index contributed by atoms with van der Waals surface area (Å²) >= 11 is 5.55. The van der Waals surface area contributed by atoms with Crippen molar-refractivity contribution in [1.82, 2.24) is 9.71 Å². The first-order valence-electron chi connectivity index (χ1n) is 3.67. The minimum Gasteiger partial charge on any atom is -0.244 e. The number of hydrogen-bond acceptors (Lipinski definition) is 3. The van der Waals surface area contributed by atoms with Gasteiger partial charge in [0, 0.05) is 12.7 Å². The second-order valence-corrected chi connectivity index (χ2v) is 4.47. The number of sulfonamides is 1. The monoisotopic (exact) mass is 220 g/mol. The van der Waals surface area contributed by atoms with E-state index >= 15 is 0 Å². The zero-order chi connectivity index (χ0) is 9.90. The number of nitrogens with zero attached hydrogens (tertiary/aromatic N) is 1. The van der Waals surface area contributed by atoms with Gasteiger partial charge < -0.3 is 0 Å². The van der Waals surface area contributed by atoms with Crippen LogP contribution in [0.15, 0.2) is 23.2 Å². The summed E-state index contributed by atoms with van der Waals surface area (Å²) in [5, 5.41) is 0.166. The lowest BCUT2D eigenvalue weighted by molar-refractivity contribution is 0.584. The topological polar surface area (TPSA) is 59.1 Å². The van der Waals surface area contributed by atoms with E-state index in [1.165, 1.54) is 18.3 Å². The molecule has 13 heavy (non-hydrogen) atoms. The SMILES string of the molecule is CCNS(=O)(=O)c1ccnc(Cl)c1. The number of hydrogen-bond donors (Lipinski definition) is 1. The Morgan fingerprint density at radius 2 is 2.31 bits per heavy atom. The molecule has 6 heteroatoms. The van der Waals surface area contributed by atoms with Crippen LogP contribution >= 0.6 is 11.6 Å². The molecule has 0 saturated heterocycles. The van der Waals surface area contributed by atoms with Crippen molar-refractivity contribution in [2.24, 2.45) is 0 Å². The molecule has 0 radical (unpaired) electrons. The molecule has 4 nitrogen and oxygen atoms in total. The molecule has 0 atom stereocenters. The van der Waals surface area contributed by atoms with Gasteiger partial charge in [0.05, 0.1) is 4.90 Å². The van der Waals surface area contributed by atoms with Crippen LogP contribution in [0.3, 0.4) is 0 Å². The van der Waals surface area contributed by atoms with E-state index in [0.717, 1.165) is 0 Å². The molecule has 1 aromatic rings. The molecule has 0 amide bonds. The lowest BCUT2D eigenvalue weighted by Gasteiger charge is -2.03. The van der Waals surface area contributed by atoms with Gasteiger partial charge in [-0.3, -0.25) is 0 Å². The fourth-order valence-electron chi connectivity index (χ4n) is 0.825.